The maximum atomic E-state index is 11.3. The normalized spacial score (nSPS) is 11.5. The molecule has 5 heteroatoms. The predicted octanol–water partition coefficient (Wildman–Crippen LogP) is 3.57. The van der Waals surface area contributed by atoms with Gasteiger partial charge in [0.1, 0.15) is 5.76 Å². The Kier molecular flexibility index (Phi) is 3.60. The van der Waals surface area contributed by atoms with Crippen molar-refractivity contribution in [3.05, 3.63) is 66.4 Å². The average molecular weight is 313 g/mol. The van der Waals surface area contributed by atoms with Gasteiger partial charge in [0.2, 0.25) is 10.0 Å². The van der Waals surface area contributed by atoms with Crippen molar-refractivity contribution in [1.29, 1.82) is 0 Å². The molecule has 3 aromatic rings. The molecule has 0 radical (unpaired) electrons. The molecule has 22 heavy (non-hydrogen) atoms. The van der Waals surface area contributed by atoms with Crippen LogP contribution in [0.4, 0.5) is 0 Å². The summed E-state index contributed by atoms with van der Waals surface area (Å²) in [7, 11) is -3.67. The Balaban J connectivity index is 1.92. The molecule has 0 saturated heterocycles. The summed E-state index contributed by atoms with van der Waals surface area (Å²) in [5.74, 6) is 0.677. The second-order valence-electron chi connectivity index (χ2n) is 5.14. The molecule has 0 fully saturated rings. The van der Waals surface area contributed by atoms with Crippen molar-refractivity contribution < 1.29 is 12.8 Å². The fourth-order valence-corrected chi connectivity index (χ4v) is 2.71. The van der Waals surface area contributed by atoms with E-state index in [-0.39, 0.29) is 4.90 Å². The Morgan fingerprint density at radius 1 is 0.864 bits per heavy atom. The van der Waals surface area contributed by atoms with Gasteiger partial charge in [0.25, 0.3) is 0 Å². The summed E-state index contributed by atoms with van der Waals surface area (Å²) < 4.78 is 28.1. The number of aryl methyl sites for hydroxylation is 1. The smallest absolute Gasteiger partial charge is 0.238 e. The standard InChI is InChI=1S/C17H15NO3S/c1-12-2-4-13(5-3-12)15-10-17(21-11-15)14-6-8-16(9-7-14)22(18,19)20/h2-11H,1H3,(H2,18,19,20). The van der Waals surface area contributed by atoms with Crippen LogP contribution in [-0.2, 0) is 10.0 Å². The number of furan rings is 1. The van der Waals surface area contributed by atoms with E-state index in [9.17, 15) is 8.42 Å². The Hall–Kier alpha value is -2.37. The van der Waals surface area contributed by atoms with E-state index in [1.807, 2.05) is 37.3 Å². The summed E-state index contributed by atoms with van der Waals surface area (Å²) in [6, 6.07) is 16.4. The molecule has 2 aromatic carbocycles. The van der Waals surface area contributed by atoms with Crippen LogP contribution >= 0.6 is 0 Å². The van der Waals surface area contributed by atoms with Gasteiger partial charge in [-0.25, -0.2) is 13.6 Å². The van der Waals surface area contributed by atoms with Crippen LogP contribution in [0.3, 0.4) is 0 Å². The van der Waals surface area contributed by atoms with Gasteiger partial charge in [-0.2, -0.15) is 0 Å². The zero-order chi connectivity index (χ0) is 15.7. The lowest BCUT2D eigenvalue weighted by molar-refractivity contribution is 0.583. The van der Waals surface area contributed by atoms with E-state index in [1.165, 1.54) is 17.7 Å². The highest BCUT2D eigenvalue weighted by Crippen LogP contribution is 2.29. The first-order valence-corrected chi connectivity index (χ1v) is 8.27. The third-order valence-electron chi connectivity index (χ3n) is 3.45. The lowest BCUT2D eigenvalue weighted by Gasteiger charge is -2.00. The quantitative estimate of drug-likeness (QED) is 0.803. The second-order valence-corrected chi connectivity index (χ2v) is 6.70. The Morgan fingerprint density at radius 2 is 1.45 bits per heavy atom. The Labute approximate surface area is 129 Å². The molecule has 3 rings (SSSR count). The van der Waals surface area contributed by atoms with Gasteiger partial charge in [-0.15, -0.1) is 0 Å². The predicted molar refractivity (Wildman–Crippen MR) is 85.7 cm³/mol. The van der Waals surface area contributed by atoms with Crippen molar-refractivity contribution >= 4 is 10.0 Å². The second kappa shape index (κ2) is 5.44. The molecule has 0 amide bonds. The largest absolute Gasteiger partial charge is 0.464 e. The number of sulfonamides is 1. The zero-order valence-electron chi connectivity index (χ0n) is 12.0. The fourth-order valence-electron chi connectivity index (χ4n) is 2.19. The molecule has 0 unspecified atom stereocenters. The minimum atomic E-state index is -3.67. The van der Waals surface area contributed by atoms with Gasteiger partial charge in [-0.3, -0.25) is 0 Å². The third kappa shape index (κ3) is 2.95. The average Bonchev–Trinajstić information content (AvgIpc) is 2.97. The van der Waals surface area contributed by atoms with Crippen molar-refractivity contribution in [3.8, 4) is 22.5 Å². The van der Waals surface area contributed by atoms with E-state index < -0.39 is 10.0 Å². The number of hydrogen-bond donors (Lipinski definition) is 1. The minimum absolute atomic E-state index is 0.0848. The Morgan fingerprint density at radius 3 is 2.05 bits per heavy atom. The summed E-state index contributed by atoms with van der Waals surface area (Å²) in [4.78, 5) is 0.0848. The molecule has 0 aliphatic carbocycles. The van der Waals surface area contributed by atoms with Crippen LogP contribution in [0.2, 0.25) is 0 Å². The number of hydrogen-bond acceptors (Lipinski definition) is 3. The maximum Gasteiger partial charge on any atom is 0.238 e. The monoisotopic (exact) mass is 313 g/mol. The van der Waals surface area contributed by atoms with Crippen molar-refractivity contribution in [2.45, 2.75) is 11.8 Å². The van der Waals surface area contributed by atoms with Gasteiger partial charge in [-0.1, -0.05) is 29.8 Å². The topological polar surface area (TPSA) is 73.3 Å². The summed E-state index contributed by atoms with van der Waals surface area (Å²) in [5.41, 5.74) is 4.05. The summed E-state index contributed by atoms with van der Waals surface area (Å²) in [6.07, 6.45) is 1.69. The SMILES string of the molecule is Cc1ccc(-c2coc(-c3ccc(S(N)(=O)=O)cc3)c2)cc1. The summed E-state index contributed by atoms with van der Waals surface area (Å²) in [5, 5.41) is 5.09. The molecule has 0 atom stereocenters. The highest BCUT2D eigenvalue weighted by molar-refractivity contribution is 7.89. The highest BCUT2D eigenvalue weighted by atomic mass is 32.2. The molecule has 2 N–H and O–H groups in total. The first kappa shape index (κ1) is 14.6. The summed E-state index contributed by atoms with van der Waals surface area (Å²) >= 11 is 0. The van der Waals surface area contributed by atoms with Gasteiger partial charge in [0.05, 0.1) is 11.2 Å². The molecule has 0 aliphatic heterocycles. The van der Waals surface area contributed by atoms with Crippen LogP contribution in [0.25, 0.3) is 22.5 Å². The van der Waals surface area contributed by atoms with Crippen molar-refractivity contribution in [2.75, 3.05) is 0 Å². The van der Waals surface area contributed by atoms with Crippen molar-refractivity contribution in [2.24, 2.45) is 5.14 Å². The fraction of sp³-hybridized carbons (Fsp3) is 0.0588. The molecule has 0 bridgehead atoms. The Bertz CT molecular complexity index is 892. The minimum Gasteiger partial charge on any atom is -0.464 e. The lowest BCUT2D eigenvalue weighted by atomic mass is 10.1. The van der Waals surface area contributed by atoms with E-state index in [1.54, 1.807) is 18.4 Å². The molecule has 0 saturated carbocycles. The van der Waals surface area contributed by atoms with Crippen LogP contribution in [0.15, 0.2) is 70.2 Å². The lowest BCUT2D eigenvalue weighted by Crippen LogP contribution is -2.11. The van der Waals surface area contributed by atoms with Gasteiger partial charge >= 0.3 is 0 Å². The van der Waals surface area contributed by atoms with Gasteiger partial charge < -0.3 is 4.42 Å². The van der Waals surface area contributed by atoms with Crippen LogP contribution in [0, 0.1) is 6.92 Å². The molecule has 112 valence electrons. The van der Waals surface area contributed by atoms with E-state index in [4.69, 9.17) is 9.56 Å². The van der Waals surface area contributed by atoms with Crippen molar-refractivity contribution in [1.82, 2.24) is 0 Å². The molecule has 0 spiro atoms. The van der Waals surface area contributed by atoms with E-state index in [0.29, 0.717) is 5.76 Å². The molecule has 0 aliphatic rings. The van der Waals surface area contributed by atoms with E-state index >= 15 is 0 Å². The third-order valence-corrected chi connectivity index (χ3v) is 4.38. The first-order valence-electron chi connectivity index (χ1n) is 6.72. The van der Waals surface area contributed by atoms with E-state index in [0.717, 1.165) is 16.7 Å². The number of nitrogens with two attached hydrogens (primary N) is 1. The maximum absolute atomic E-state index is 11.3. The molecule has 1 aromatic heterocycles. The molecular weight excluding hydrogens is 298 g/mol. The highest BCUT2D eigenvalue weighted by Gasteiger charge is 2.10. The number of primary sulfonamides is 1. The van der Waals surface area contributed by atoms with Crippen LogP contribution in [0.1, 0.15) is 5.56 Å². The van der Waals surface area contributed by atoms with Gasteiger partial charge in [0.15, 0.2) is 0 Å². The van der Waals surface area contributed by atoms with Crippen LogP contribution < -0.4 is 5.14 Å². The zero-order valence-corrected chi connectivity index (χ0v) is 12.8. The van der Waals surface area contributed by atoms with Crippen LogP contribution in [-0.4, -0.2) is 8.42 Å². The van der Waals surface area contributed by atoms with Gasteiger partial charge in [-0.05, 0) is 42.8 Å². The number of rotatable bonds is 3. The molecule has 1 heterocycles. The number of benzene rings is 2. The molecular formula is C17H15NO3S. The van der Waals surface area contributed by atoms with Crippen molar-refractivity contribution in [3.63, 3.8) is 0 Å². The van der Waals surface area contributed by atoms with Crippen LogP contribution in [0.5, 0.6) is 0 Å². The van der Waals surface area contributed by atoms with E-state index in [2.05, 4.69) is 0 Å². The molecule has 4 nitrogen and oxygen atoms in total. The van der Waals surface area contributed by atoms with Gasteiger partial charge in [0, 0.05) is 11.1 Å². The first-order chi connectivity index (χ1) is 10.4. The summed E-state index contributed by atoms with van der Waals surface area (Å²) in [6.45, 7) is 2.04.